The van der Waals surface area contributed by atoms with Crippen LogP contribution in [0.15, 0.2) is 54.1 Å². The highest BCUT2D eigenvalue weighted by Crippen LogP contribution is 2.23. The van der Waals surface area contributed by atoms with Gasteiger partial charge in [-0.15, -0.1) is 0 Å². The molecule has 1 aliphatic heterocycles. The largest absolute Gasteiger partial charge is 0.497 e. The summed E-state index contributed by atoms with van der Waals surface area (Å²) in [6.07, 6.45) is 1.45. The van der Waals surface area contributed by atoms with Crippen LogP contribution in [0.4, 0.5) is 10.5 Å². The van der Waals surface area contributed by atoms with Crippen molar-refractivity contribution in [3.8, 4) is 5.75 Å². The summed E-state index contributed by atoms with van der Waals surface area (Å²) in [6, 6.07) is 13.1. The molecule has 25 heavy (non-hydrogen) atoms. The number of methoxy groups -OCH3 is 1. The van der Waals surface area contributed by atoms with E-state index in [4.69, 9.17) is 4.74 Å². The Kier molecular flexibility index (Phi) is 4.35. The zero-order valence-electron chi connectivity index (χ0n) is 13.8. The molecule has 0 atom stereocenters. The van der Waals surface area contributed by atoms with Crippen LogP contribution < -0.4 is 15.0 Å². The number of amides is 4. The van der Waals surface area contributed by atoms with Crippen LogP contribution in [0, 0.1) is 6.92 Å². The van der Waals surface area contributed by atoms with E-state index in [9.17, 15) is 14.4 Å². The van der Waals surface area contributed by atoms with E-state index in [1.165, 1.54) is 6.08 Å². The first kappa shape index (κ1) is 16.4. The van der Waals surface area contributed by atoms with E-state index in [2.05, 4.69) is 5.32 Å². The van der Waals surface area contributed by atoms with Crippen molar-refractivity contribution in [2.45, 2.75) is 6.92 Å². The third kappa shape index (κ3) is 3.28. The maximum Gasteiger partial charge on any atom is 0.335 e. The van der Waals surface area contributed by atoms with Gasteiger partial charge in [-0.25, -0.2) is 9.69 Å². The zero-order chi connectivity index (χ0) is 18.0. The van der Waals surface area contributed by atoms with Crippen LogP contribution in [0.1, 0.15) is 11.1 Å². The Hall–Kier alpha value is -3.41. The molecule has 6 heteroatoms. The lowest BCUT2D eigenvalue weighted by Crippen LogP contribution is -2.54. The van der Waals surface area contributed by atoms with E-state index in [1.807, 2.05) is 13.0 Å². The van der Waals surface area contributed by atoms with Gasteiger partial charge in [0.15, 0.2) is 0 Å². The highest BCUT2D eigenvalue weighted by atomic mass is 16.5. The summed E-state index contributed by atoms with van der Waals surface area (Å²) in [5.41, 5.74) is 1.86. The average Bonchev–Trinajstić information content (AvgIpc) is 2.59. The van der Waals surface area contributed by atoms with Crippen molar-refractivity contribution in [1.29, 1.82) is 0 Å². The maximum atomic E-state index is 12.7. The molecular weight excluding hydrogens is 320 g/mol. The van der Waals surface area contributed by atoms with E-state index in [-0.39, 0.29) is 5.57 Å². The van der Waals surface area contributed by atoms with Gasteiger partial charge in [0.2, 0.25) is 0 Å². The van der Waals surface area contributed by atoms with Gasteiger partial charge in [-0.3, -0.25) is 14.9 Å². The molecule has 0 saturated carbocycles. The van der Waals surface area contributed by atoms with Crippen molar-refractivity contribution in [2.24, 2.45) is 0 Å². The molecule has 1 heterocycles. The molecule has 0 aliphatic carbocycles. The number of hydrogen-bond donors (Lipinski definition) is 1. The standard InChI is InChI=1S/C19H16N2O4/c1-12-4-3-5-14(10-12)21-18(23)16(17(22)20-19(21)24)11-13-6-8-15(25-2)9-7-13/h3-11H,1-2H3,(H,20,22,24). The normalized spacial score (nSPS) is 16.2. The van der Waals surface area contributed by atoms with E-state index in [1.54, 1.807) is 49.6 Å². The molecule has 126 valence electrons. The summed E-state index contributed by atoms with van der Waals surface area (Å²) in [7, 11) is 1.55. The number of hydrogen-bond acceptors (Lipinski definition) is 4. The summed E-state index contributed by atoms with van der Waals surface area (Å²) in [5.74, 6) is -0.706. The van der Waals surface area contributed by atoms with Gasteiger partial charge in [-0.05, 0) is 48.4 Å². The molecule has 1 aliphatic rings. The molecule has 2 aromatic rings. The van der Waals surface area contributed by atoms with Gasteiger partial charge >= 0.3 is 6.03 Å². The molecule has 0 bridgehead atoms. The minimum absolute atomic E-state index is 0.105. The predicted molar refractivity (Wildman–Crippen MR) is 93.2 cm³/mol. The topological polar surface area (TPSA) is 75.7 Å². The van der Waals surface area contributed by atoms with E-state index in [0.29, 0.717) is 17.0 Å². The zero-order valence-corrected chi connectivity index (χ0v) is 13.8. The maximum absolute atomic E-state index is 12.7. The number of carbonyl (C=O) groups excluding carboxylic acids is 3. The average molecular weight is 336 g/mol. The SMILES string of the molecule is COc1ccc(C=C2C(=O)NC(=O)N(c3cccc(C)c3)C2=O)cc1. The van der Waals surface area contributed by atoms with Crippen LogP contribution in [0.2, 0.25) is 0 Å². The number of anilines is 1. The quantitative estimate of drug-likeness (QED) is 0.691. The molecule has 0 unspecified atom stereocenters. The molecule has 1 N–H and O–H groups in total. The molecule has 4 amide bonds. The lowest BCUT2D eigenvalue weighted by molar-refractivity contribution is -0.122. The first-order valence-corrected chi connectivity index (χ1v) is 7.62. The fourth-order valence-corrected chi connectivity index (χ4v) is 2.53. The molecule has 1 fully saturated rings. The van der Waals surface area contributed by atoms with Crippen molar-refractivity contribution in [3.05, 3.63) is 65.2 Å². The number of aryl methyl sites for hydroxylation is 1. The van der Waals surface area contributed by atoms with Crippen LogP contribution in [0.5, 0.6) is 5.75 Å². The van der Waals surface area contributed by atoms with Crippen molar-refractivity contribution in [2.75, 3.05) is 12.0 Å². The Morgan fingerprint density at radius 2 is 1.76 bits per heavy atom. The second-order valence-electron chi connectivity index (χ2n) is 5.57. The molecule has 0 aromatic heterocycles. The third-order valence-corrected chi connectivity index (χ3v) is 3.79. The molecule has 0 radical (unpaired) electrons. The van der Waals surface area contributed by atoms with Gasteiger partial charge in [-0.2, -0.15) is 0 Å². The minimum Gasteiger partial charge on any atom is -0.497 e. The molecule has 6 nitrogen and oxygen atoms in total. The molecule has 0 spiro atoms. The number of carbonyl (C=O) groups is 3. The summed E-state index contributed by atoms with van der Waals surface area (Å²) >= 11 is 0. The van der Waals surface area contributed by atoms with Gasteiger partial charge in [0, 0.05) is 0 Å². The van der Waals surface area contributed by atoms with Crippen molar-refractivity contribution >= 4 is 29.6 Å². The second kappa shape index (κ2) is 6.60. The Morgan fingerprint density at radius 1 is 1.04 bits per heavy atom. The number of urea groups is 1. The smallest absolute Gasteiger partial charge is 0.335 e. The molecule has 3 rings (SSSR count). The Morgan fingerprint density at radius 3 is 2.40 bits per heavy atom. The van der Waals surface area contributed by atoms with E-state index in [0.717, 1.165) is 10.5 Å². The van der Waals surface area contributed by atoms with Crippen LogP contribution in [0.3, 0.4) is 0 Å². The monoisotopic (exact) mass is 336 g/mol. The number of barbiturate groups is 1. The lowest BCUT2D eigenvalue weighted by atomic mass is 10.1. The van der Waals surface area contributed by atoms with E-state index >= 15 is 0 Å². The summed E-state index contributed by atoms with van der Waals surface area (Å²) in [4.78, 5) is 38.0. The Bertz CT molecular complexity index is 885. The Labute approximate surface area is 144 Å². The highest BCUT2D eigenvalue weighted by molar-refractivity contribution is 6.39. The number of nitrogens with zero attached hydrogens (tertiary/aromatic N) is 1. The number of benzene rings is 2. The summed E-state index contributed by atoms with van der Waals surface area (Å²) < 4.78 is 5.08. The number of nitrogens with one attached hydrogen (secondary N) is 1. The van der Waals surface area contributed by atoms with Crippen molar-refractivity contribution in [3.63, 3.8) is 0 Å². The molecular formula is C19H16N2O4. The summed E-state index contributed by atoms with van der Waals surface area (Å²) in [6.45, 7) is 1.86. The molecule has 2 aromatic carbocycles. The van der Waals surface area contributed by atoms with E-state index < -0.39 is 17.8 Å². The first-order chi connectivity index (χ1) is 12.0. The predicted octanol–water partition coefficient (Wildman–Crippen LogP) is 2.67. The van der Waals surface area contributed by atoms with Crippen LogP contribution >= 0.6 is 0 Å². The van der Waals surface area contributed by atoms with Gasteiger partial charge < -0.3 is 4.74 Å². The lowest BCUT2D eigenvalue weighted by Gasteiger charge is -2.26. The Balaban J connectivity index is 1.98. The van der Waals surface area contributed by atoms with Gasteiger partial charge in [0.25, 0.3) is 11.8 Å². The first-order valence-electron chi connectivity index (χ1n) is 7.62. The van der Waals surface area contributed by atoms with Gasteiger partial charge in [0.1, 0.15) is 11.3 Å². The number of imide groups is 2. The van der Waals surface area contributed by atoms with Gasteiger partial charge in [-0.1, -0.05) is 24.3 Å². The fourth-order valence-electron chi connectivity index (χ4n) is 2.53. The summed E-state index contributed by atoms with van der Waals surface area (Å²) in [5, 5.41) is 2.20. The minimum atomic E-state index is -0.757. The van der Waals surface area contributed by atoms with Crippen LogP contribution in [0.25, 0.3) is 6.08 Å². The van der Waals surface area contributed by atoms with Crippen LogP contribution in [-0.2, 0) is 9.59 Å². The highest BCUT2D eigenvalue weighted by Gasteiger charge is 2.36. The third-order valence-electron chi connectivity index (χ3n) is 3.79. The van der Waals surface area contributed by atoms with Gasteiger partial charge in [0.05, 0.1) is 12.8 Å². The number of ether oxygens (including phenoxy) is 1. The second-order valence-corrected chi connectivity index (χ2v) is 5.57. The number of rotatable bonds is 3. The molecule has 1 saturated heterocycles. The fraction of sp³-hybridized carbons (Fsp3) is 0.105. The van der Waals surface area contributed by atoms with Crippen LogP contribution in [-0.4, -0.2) is 25.0 Å². The van der Waals surface area contributed by atoms with Crippen molar-refractivity contribution in [1.82, 2.24) is 5.32 Å². The van der Waals surface area contributed by atoms with Crippen molar-refractivity contribution < 1.29 is 19.1 Å².